The number of halogens is 1. The van der Waals surface area contributed by atoms with Crippen molar-refractivity contribution in [1.29, 1.82) is 0 Å². The van der Waals surface area contributed by atoms with Gasteiger partial charge in [-0.2, -0.15) is 0 Å². The lowest BCUT2D eigenvalue weighted by atomic mass is 12.0. The first-order valence-corrected chi connectivity index (χ1v) is 3.71. The van der Waals surface area contributed by atoms with Crippen LogP contribution in [0.5, 0.6) is 0 Å². The fourth-order valence-corrected chi connectivity index (χ4v) is 0. The van der Waals surface area contributed by atoms with E-state index in [2.05, 4.69) is 0 Å². The molecule has 0 saturated heterocycles. The maximum atomic E-state index is 7.93. The van der Waals surface area contributed by atoms with E-state index in [9.17, 15) is 0 Å². The molecule has 0 fully saturated rings. The first kappa shape index (κ1) is 5.56. The minimum absolute atomic E-state index is 1.15. The Kier molecular flexibility index (Phi) is 1.49. The largest absolute Gasteiger partial charge is 0.285 e. The number of hydrogen-bond donors (Lipinski definition) is 2. The second-order valence-corrected chi connectivity index (χ2v) is 3.97. The van der Waals surface area contributed by atoms with Gasteiger partial charge >= 0.3 is 0 Å². The summed E-state index contributed by atoms with van der Waals surface area (Å²) in [4.78, 5) is 0. The van der Waals surface area contributed by atoms with Crippen molar-refractivity contribution in [3.63, 3.8) is 0 Å². The lowest BCUT2D eigenvalue weighted by Gasteiger charge is -2.13. The van der Waals surface area contributed by atoms with E-state index < -0.39 is 9.80 Å². The van der Waals surface area contributed by atoms with Crippen LogP contribution in [0.25, 0.3) is 0 Å². The van der Waals surface area contributed by atoms with Crippen LogP contribution in [-0.4, -0.2) is 15.4 Å². The van der Waals surface area contributed by atoms with Gasteiger partial charge in [0.15, 0.2) is 0 Å². The van der Waals surface area contributed by atoms with E-state index in [1.165, 1.54) is 0 Å². The van der Waals surface area contributed by atoms with Crippen molar-refractivity contribution in [2.75, 3.05) is 6.26 Å². The average molecular weight is 117 g/mol. The van der Waals surface area contributed by atoms with Gasteiger partial charge < -0.3 is 0 Å². The molecule has 0 aromatic heterocycles. The third-order valence-corrected chi connectivity index (χ3v) is 0. The Morgan fingerprint density at radius 2 is 1.60 bits per heavy atom. The van der Waals surface area contributed by atoms with Crippen molar-refractivity contribution < 1.29 is 9.11 Å². The fourth-order valence-electron chi connectivity index (χ4n) is 0. The topological polar surface area (TPSA) is 40.5 Å². The molecular formula is CH5ClO2S. The van der Waals surface area contributed by atoms with Gasteiger partial charge in [0.25, 0.3) is 0 Å². The van der Waals surface area contributed by atoms with Crippen LogP contribution in [0.15, 0.2) is 0 Å². The van der Waals surface area contributed by atoms with E-state index >= 15 is 0 Å². The molecule has 0 aliphatic rings. The Balaban J connectivity index is 3.02. The monoisotopic (exact) mass is 116 g/mol. The van der Waals surface area contributed by atoms with E-state index in [1.54, 1.807) is 0 Å². The highest BCUT2D eigenvalue weighted by Gasteiger charge is 1.88. The lowest BCUT2D eigenvalue weighted by molar-refractivity contribution is 0.515. The van der Waals surface area contributed by atoms with Crippen molar-refractivity contribution in [3.8, 4) is 0 Å². The third-order valence-electron chi connectivity index (χ3n) is 0. The van der Waals surface area contributed by atoms with Gasteiger partial charge in [-0.25, -0.2) is 0 Å². The molecule has 0 radical (unpaired) electrons. The van der Waals surface area contributed by atoms with E-state index in [4.69, 9.17) is 19.8 Å². The highest BCUT2D eigenvalue weighted by molar-refractivity contribution is 8.42. The summed E-state index contributed by atoms with van der Waals surface area (Å²) in [6, 6.07) is 0. The summed E-state index contributed by atoms with van der Waals surface area (Å²) >= 11 is 0. The Morgan fingerprint density at radius 3 is 1.60 bits per heavy atom. The van der Waals surface area contributed by atoms with Gasteiger partial charge in [-0.05, 0) is 0 Å². The summed E-state index contributed by atoms with van der Waals surface area (Å²) in [6.07, 6.45) is 1.15. The molecule has 0 spiro atoms. The molecule has 0 atom stereocenters. The lowest BCUT2D eigenvalue weighted by Crippen LogP contribution is -1.76. The summed E-state index contributed by atoms with van der Waals surface area (Å²) in [6.45, 7) is 0. The molecule has 5 heavy (non-hydrogen) atoms. The van der Waals surface area contributed by atoms with Crippen LogP contribution in [0.3, 0.4) is 0 Å². The van der Waals surface area contributed by atoms with Crippen LogP contribution >= 0.6 is 20.5 Å². The highest BCUT2D eigenvalue weighted by atomic mass is 35.7. The Hall–Kier alpha value is 0.560. The van der Waals surface area contributed by atoms with Crippen LogP contribution in [0.4, 0.5) is 0 Å². The summed E-state index contributed by atoms with van der Waals surface area (Å²) < 4.78 is 15.9. The highest BCUT2D eigenvalue weighted by Crippen LogP contribution is 2.38. The van der Waals surface area contributed by atoms with E-state index in [0.717, 1.165) is 6.26 Å². The minimum atomic E-state index is -2.69. The Labute approximate surface area is 36.6 Å². The molecule has 0 unspecified atom stereocenters. The van der Waals surface area contributed by atoms with Crippen LogP contribution < -0.4 is 0 Å². The second kappa shape index (κ2) is 1.34. The SMILES string of the molecule is CS(O)(O)Cl. The first-order valence-electron chi connectivity index (χ1n) is 0.928. The van der Waals surface area contributed by atoms with Gasteiger partial charge in [0, 0.05) is 16.9 Å². The van der Waals surface area contributed by atoms with Gasteiger partial charge in [0.05, 0.1) is 0 Å². The zero-order valence-electron chi connectivity index (χ0n) is 2.68. The molecule has 0 amide bonds. The van der Waals surface area contributed by atoms with Gasteiger partial charge in [-0.1, -0.05) is 0 Å². The molecule has 34 valence electrons. The maximum Gasteiger partial charge on any atom is 0.0423 e. The normalized spacial score (nSPS) is 15.2. The van der Waals surface area contributed by atoms with Crippen LogP contribution in [0, 0.1) is 0 Å². The molecule has 4 heteroatoms. The fraction of sp³-hybridized carbons (Fsp3) is 1.00. The van der Waals surface area contributed by atoms with Crippen LogP contribution in [0.2, 0.25) is 0 Å². The average Bonchev–Trinajstić information content (AvgIpc) is 0.722. The number of rotatable bonds is 0. The third kappa shape index (κ3) is 95.3. The molecule has 0 saturated carbocycles. The summed E-state index contributed by atoms with van der Waals surface area (Å²) in [5.41, 5.74) is 0. The van der Waals surface area contributed by atoms with Gasteiger partial charge in [0.2, 0.25) is 0 Å². The predicted octanol–water partition coefficient (Wildman–Crippen LogP) is 1.52. The molecular weight excluding hydrogens is 112 g/mol. The zero-order valence-corrected chi connectivity index (χ0v) is 4.25. The Morgan fingerprint density at radius 1 is 1.60 bits per heavy atom. The van der Waals surface area contributed by atoms with Gasteiger partial charge in [0.1, 0.15) is 0 Å². The molecule has 0 aliphatic heterocycles. The minimum Gasteiger partial charge on any atom is -0.285 e. The van der Waals surface area contributed by atoms with Crippen LogP contribution in [0.1, 0.15) is 0 Å². The second-order valence-electron chi connectivity index (χ2n) is 0.739. The molecule has 0 aliphatic carbocycles. The van der Waals surface area contributed by atoms with Gasteiger partial charge in [-0.15, -0.1) is 9.80 Å². The van der Waals surface area contributed by atoms with Gasteiger partial charge in [-0.3, -0.25) is 9.11 Å². The predicted molar refractivity (Wildman–Crippen MR) is 24.6 cm³/mol. The zero-order chi connectivity index (χ0) is 4.50. The first-order chi connectivity index (χ1) is 2.00. The summed E-state index contributed by atoms with van der Waals surface area (Å²) in [7, 11) is 2.03. The molecule has 0 heterocycles. The maximum absolute atomic E-state index is 7.93. The van der Waals surface area contributed by atoms with Crippen molar-refractivity contribution in [2.24, 2.45) is 0 Å². The molecule has 2 nitrogen and oxygen atoms in total. The molecule has 0 bridgehead atoms. The van der Waals surface area contributed by atoms with E-state index in [1.807, 2.05) is 0 Å². The molecule has 0 rings (SSSR count). The summed E-state index contributed by atoms with van der Waals surface area (Å²) in [5.74, 6) is 0. The van der Waals surface area contributed by atoms with E-state index in [-0.39, 0.29) is 0 Å². The van der Waals surface area contributed by atoms with Crippen molar-refractivity contribution in [2.45, 2.75) is 0 Å². The molecule has 2 N–H and O–H groups in total. The van der Waals surface area contributed by atoms with Crippen molar-refractivity contribution in [3.05, 3.63) is 0 Å². The molecule has 0 aromatic carbocycles. The standard InChI is InChI=1S/CH5ClO2S/c1-5(2,3)4/h3-4H,1H3. The van der Waals surface area contributed by atoms with Crippen molar-refractivity contribution >= 4 is 20.5 Å². The van der Waals surface area contributed by atoms with Crippen LogP contribution in [-0.2, 0) is 0 Å². The quantitative estimate of drug-likeness (QED) is 0.504. The Bertz CT molecular complexity index is 25.1. The van der Waals surface area contributed by atoms with E-state index in [0.29, 0.717) is 0 Å². The van der Waals surface area contributed by atoms with Crippen molar-refractivity contribution in [1.82, 2.24) is 0 Å². The number of hydrogen-bond acceptors (Lipinski definition) is 2. The smallest absolute Gasteiger partial charge is 0.0423 e. The molecule has 0 aromatic rings. The summed E-state index contributed by atoms with van der Waals surface area (Å²) in [5, 5.41) is 0.